The molecule has 0 aliphatic heterocycles. The minimum Gasteiger partial charge on any atom is -0.222 e. The minimum atomic E-state index is -4.94. The molecule has 12 heteroatoms. The van der Waals surface area contributed by atoms with Crippen molar-refractivity contribution in [1.29, 1.82) is 0 Å². The molecule has 0 fully saturated rings. The predicted molar refractivity (Wildman–Crippen MR) is 280 cm³/mol. The summed E-state index contributed by atoms with van der Waals surface area (Å²) in [4.78, 5) is 0. The lowest BCUT2D eigenvalue weighted by Gasteiger charge is -2.19. The summed E-state index contributed by atoms with van der Waals surface area (Å²) in [6.45, 7) is 2.03. The SMILES string of the molecule is [O-][Cl+3]([O-])([O-])[O-].[O-][Cl+3]([O-])([O-])[O-].c1ccc(-c2cc(-c3ccccc3)c(-c3cc[n+](CCCCCCC[n+]4ccc(-c5c(-c6ccccc6)cc(-c6ccccc6)cc5-c5ccccc5)cc4)cc3)c(-c3ccccc3)c2)cc1. The van der Waals surface area contributed by atoms with Crippen LogP contribution in [0, 0.1) is 20.5 Å². The first kappa shape index (κ1) is 55.5. The molecule has 0 atom stereocenters. The Hall–Kier alpha value is -7.68. The molecule has 0 aliphatic rings. The number of halogens is 2. The fourth-order valence-corrected chi connectivity index (χ4v) is 9.55. The summed E-state index contributed by atoms with van der Waals surface area (Å²) in [6, 6.07) is 83.6. The maximum atomic E-state index is 8.49. The largest absolute Gasteiger partial charge is 0.222 e. The Kier molecular flexibility index (Phi) is 19.4. The standard InChI is InChI=1S/C65H56N2.2ClHO4/c1(2-22-40-66-42-36-56(37-43-66)64-60(52-28-14-6-15-29-52)46-58(50-24-10-4-11-25-50)47-61(64)53-30-16-7-17-31-53)3-23-41-67-44-38-57(39-45-67)65-62(54-32-18-8-19-33-54)48-59(51-26-12-5-13-27-51)49-63(65)55-34-20-9-21-35-55;2*2-1(3,4)5/h4-21,24-39,42-49H,1-3,22-23,40-41H2;2*(H,2,3,4,5)/q+2;;/p-2. The molecule has 2 heterocycles. The van der Waals surface area contributed by atoms with Crippen molar-refractivity contribution in [3.8, 4) is 89.0 Å². The van der Waals surface area contributed by atoms with Gasteiger partial charge in [0.1, 0.15) is 13.1 Å². The Morgan fingerprint density at radius 2 is 0.442 bits per heavy atom. The van der Waals surface area contributed by atoms with Crippen LogP contribution in [0.3, 0.4) is 0 Å². The van der Waals surface area contributed by atoms with Crippen molar-refractivity contribution in [2.75, 3.05) is 0 Å². The fourth-order valence-electron chi connectivity index (χ4n) is 9.55. The quantitative estimate of drug-likeness (QED) is 0.0751. The van der Waals surface area contributed by atoms with E-state index in [0.29, 0.717) is 0 Å². The average Bonchev–Trinajstić information content (AvgIpc) is 3.46. The first-order valence-corrected chi connectivity index (χ1v) is 27.6. The van der Waals surface area contributed by atoms with Crippen molar-refractivity contribution in [3.05, 3.63) is 255 Å². The number of nitrogens with zero attached hydrogens (tertiary/aromatic N) is 2. The van der Waals surface area contributed by atoms with Crippen LogP contribution < -0.4 is 46.4 Å². The Morgan fingerprint density at radius 1 is 0.234 bits per heavy atom. The van der Waals surface area contributed by atoms with E-state index >= 15 is 0 Å². The summed E-state index contributed by atoms with van der Waals surface area (Å²) in [5.41, 5.74) is 19.8. The number of pyridine rings is 2. The predicted octanol–water partition coefficient (Wildman–Crippen LogP) is 6.74. The molecule has 0 N–H and O–H groups in total. The molecule has 0 aliphatic carbocycles. The fraction of sp³-hybridized carbons (Fsp3) is 0.108. The zero-order chi connectivity index (χ0) is 54.0. The molecule has 77 heavy (non-hydrogen) atoms. The average molecular weight is 1060 g/mol. The van der Waals surface area contributed by atoms with Crippen LogP contribution in [0.2, 0.25) is 0 Å². The van der Waals surface area contributed by atoms with Gasteiger partial charge in [-0.3, -0.25) is 0 Å². The van der Waals surface area contributed by atoms with Gasteiger partial charge in [0, 0.05) is 37.1 Å². The Labute approximate surface area is 454 Å². The molecule has 0 unspecified atom stereocenters. The highest BCUT2D eigenvalue weighted by molar-refractivity contribution is 5.99. The van der Waals surface area contributed by atoms with E-state index in [4.69, 9.17) is 37.3 Å². The second kappa shape index (κ2) is 26.9. The first-order chi connectivity index (χ1) is 37.2. The summed E-state index contributed by atoms with van der Waals surface area (Å²) in [6.07, 6.45) is 15.1. The van der Waals surface area contributed by atoms with Crippen LogP contribution >= 0.6 is 0 Å². The molecule has 10 rings (SSSR count). The molecule has 0 spiro atoms. The van der Waals surface area contributed by atoms with Crippen molar-refractivity contribution >= 4 is 0 Å². The Morgan fingerprint density at radius 3 is 0.675 bits per heavy atom. The second-order valence-electron chi connectivity index (χ2n) is 18.3. The van der Waals surface area contributed by atoms with Gasteiger partial charge in [-0.25, -0.2) is 46.4 Å². The maximum Gasteiger partial charge on any atom is 0.169 e. The van der Waals surface area contributed by atoms with Gasteiger partial charge in [0.25, 0.3) is 0 Å². The lowest BCUT2D eigenvalue weighted by Crippen LogP contribution is -2.68. The van der Waals surface area contributed by atoms with Gasteiger partial charge in [0.05, 0.1) is 0 Å². The van der Waals surface area contributed by atoms with E-state index in [0.717, 1.165) is 13.1 Å². The highest BCUT2D eigenvalue weighted by atomic mass is 35.7. The van der Waals surface area contributed by atoms with Gasteiger partial charge in [0.2, 0.25) is 0 Å². The van der Waals surface area contributed by atoms with Crippen LogP contribution in [0.15, 0.2) is 255 Å². The number of hydrogen-bond donors (Lipinski definition) is 0. The molecule has 2 aromatic heterocycles. The molecule has 388 valence electrons. The molecule has 0 amide bonds. The normalized spacial score (nSPS) is 11.2. The Bertz CT molecular complexity index is 3020. The number of benzene rings is 8. The molecule has 0 saturated heterocycles. The minimum absolute atomic E-state index is 1.02. The topological polar surface area (TPSA) is 192 Å². The molecule has 10 aromatic rings. The van der Waals surface area contributed by atoms with E-state index in [1.54, 1.807) is 0 Å². The van der Waals surface area contributed by atoms with E-state index in [2.05, 4.69) is 264 Å². The lowest BCUT2D eigenvalue weighted by atomic mass is 9.85. The van der Waals surface area contributed by atoms with Gasteiger partial charge in [0.15, 0.2) is 24.8 Å². The summed E-state index contributed by atoms with van der Waals surface area (Å²) >= 11 is 0. The van der Waals surface area contributed by atoms with Gasteiger partial charge >= 0.3 is 0 Å². The number of aryl methyl sites for hydroxylation is 2. The number of aromatic nitrogens is 2. The van der Waals surface area contributed by atoms with E-state index in [1.165, 1.54) is 121 Å². The number of rotatable bonds is 16. The number of unbranched alkanes of at least 4 members (excludes halogenated alkanes) is 4. The molecular weight excluding hydrogens is 1010 g/mol. The van der Waals surface area contributed by atoms with Crippen molar-refractivity contribution in [3.63, 3.8) is 0 Å². The molecule has 0 saturated carbocycles. The van der Waals surface area contributed by atoms with Crippen LogP contribution in [0.1, 0.15) is 32.1 Å². The zero-order valence-electron chi connectivity index (χ0n) is 42.1. The monoisotopic (exact) mass is 1060 g/mol. The van der Waals surface area contributed by atoms with Crippen molar-refractivity contribution in [2.24, 2.45) is 0 Å². The van der Waals surface area contributed by atoms with Crippen LogP contribution in [0.5, 0.6) is 0 Å². The lowest BCUT2D eigenvalue weighted by molar-refractivity contribution is -2.00. The smallest absolute Gasteiger partial charge is 0.169 e. The summed E-state index contributed by atoms with van der Waals surface area (Å²) in [5.74, 6) is 0. The van der Waals surface area contributed by atoms with Gasteiger partial charge in [-0.05, 0) is 126 Å². The van der Waals surface area contributed by atoms with Gasteiger partial charge in [-0.15, -0.1) is 20.5 Å². The molecule has 0 radical (unpaired) electrons. The van der Waals surface area contributed by atoms with Crippen LogP contribution in [0.4, 0.5) is 0 Å². The second-order valence-corrected chi connectivity index (χ2v) is 19.8. The summed E-state index contributed by atoms with van der Waals surface area (Å²) in [7, 11) is -9.89. The zero-order valence-corrected chi connectivity index (χ0v) is 43.6. The summed E-state index contributed by atoms with van der Waals surface area (Å²) < 4.78 is 72.6. The first-order valence-electron chi connectivity index (χ1n) is 25.2. The molecular formula is C65H56Cl2N2O8. The molecule has 10 nitrogen and oxygen atoms in total. The van der Waals surface area contributed by atoms with E-state index < -0.39 is 20.5 Å². The van der Waals surface area contributed by atoms with Crippen LogP contribution in [-0.2, 0) is 13.1 Å². The van der Waals surface area contributed by atoms with Crippen molar-refractivity contribution in [2.45, 2.75) is 45.2 Å². The highest BCUT2D eigenvalue weighted by Crippen LogP contribution is 2.45. The molecule has 8 aromatic carbocycles. The van der Waals surface area contributed by atoms with Crippen molar-refractivity contribution < 1.29 is 66.9 Å². The number of hydrogen-bond acceptors (Lipinski definition) is 8. The van der Waals surface area contributed by atoms with Crippen LogP contribution in [0.25, 0.3) is 89.0 Å². The van der Waals surface area contributed by atoms with Crippen LogP contribution in [-0.4, -0.2) is 0 Å². The van der Waals surface area contributed by atoms with Crippen molar-refractivity contribution in [1.82, 2.24) is 0 Å². The molecule has 0 bridgehead atoms. The van der Waals surface area contributed by atoms with Gasteiger partial charge < -0.3 is 0 Å². The third-order valence-electron chi connectivity index (χ3n) is 13.0. The highest BCUT2D eigenvalue weighted by Gasteiger charge is 2.20. The maximum absolute atomic E-state index is 8.49. The van der Waals surface area contributed by atoms with Gasteiger partial charge in [-0.2, -0.15) is 0 Å². The van der Waals surface area contributed by atoms with E-state index in [-0.39, 0.29) is 0 Å². The Balaban J connectivity index is 0.000000720. The van der Waals surface area contributed by atoms with E-state index in [1.807, 2.05) is 0 Å². The third kappa shape index (κ3) is 16.7. The summed E-state index contributed by atoms with van der Waals surface area (Å²) in [5, 5.41) is 0. The van der Waals surface area contributed by atoms with Gasteiger partial charge in [-0.1, -0.05) is 188 Å². The third-order valence-corrected chi connectivity index (χ3v) is 13.0. The van der Waals surface area contributed by atoms with E-state index in [9.17, 15) is 0 Å².